The summed E-state index contributed by atoms with van der Waals surface area (Å²) in [6, 6.07) is -0.162. The van der Waals surface area contributed by atoms with Gasteiger partial charge in [0, 0.05) is 6.04 Å². The van der Waals surface area contributed by atoms with Crippen molar-refractivity contribution in [2.45, 2.75) is 37.1 Å². The van der Waals surface area contributed by atoms with Crippen molar-refractivity contribution < 1.29 is 15.3 Å². The molecule has 0 aliphatic carbocycles. The van der Waals surface area contributed by atoms with E-state index in [0.717, 1.165) is 19.4 Å². The zero-order chi connectivity index (χ0) is 8.72. The highest BCUT2D eigenvalue weighted by Gasteiger charge is 2.48. The van der Waals surface area contributed by atoms with Crippen LogP contribution in [0.25, 0.3) is 0 Å². The number of aliphatic hydroxyl groups excluding tert-OH is 3. The summed E-state index contributed by atoms with van der Waals surface area (Å²) in [5.74, 6) is 0. The van der Waals surface area contributed by atoms with E-state index in [1.807, 2.05) is 4.90 Å². The lowest BCUT2D eigenvalue weighted by Gasteiger charge is -2.21. The zero-order valence-electron chi connectivity index (χ0n) is 6.93. The summed E-state index contributed by atoms with van der Waals surface area (Å²) in [5.41, 5.74) is 0. The second-order valence-corrected chi connectivity index (χ2v) is 3.68. The van der Waals surface area contributed by atoms with Gasteiger partial charge in [-0.05, 0) is 19.4 Å². The van der Waals surface area contributed by atoms with Crippen LogP contribution in [0.3, 0.4) is 0 Å². The normalized spacial score (nSPS) is 48.2. The molecule has 0 spiro atoms. The predicted molar refractivity (Wildman–Crippen MR) is 42.6 cm³/mol. The van der Waals surface area contributed by atoms with E-state index in [4.69, 9.17) is 5.11 Å². The minimum absolute atomic E-state index is 0.0608. The second-order valence-electron chi connectivity index (χ2n) is 3.68. The fraction of sp³-hybridized carbons (Fsp3) is 1.00. The quantitative estimate of drug-likeness (QED) is 0.454. The maximum atomic E-state index is 9.57. The molecule has 0 bridgehead atoms. The maximum Gasteiger partial charge on any atom is 0.0991 e. The van der Waals surface area contributed by atoms with E-state index in [2.05, 4.69) is 0 Å². The smallest absolute Gasteiger partial charge is 0.0991 e. The summed E-state index contributed by atoms with van der Waals surface area (Å²) in [6.45, 7) is 0.832. The summed E-state index contributed by atoms with van der Waals surface area (Å²) in [4.78, 5) is 2.02. The van der Waals surface area contributed by atoms with Crippen LogP contribution in [-0.4, -0.2) is 57.7 Å². The first-order valence-electron chi connectivity index (χ1n) is 4.48. The molecular formula is C8H15NO3. The summed E-state index contributed by atoms with van der Waals surface area (Å²) in [7, 11) is 0. The molecule has 4 heteroatoms. The van der Waals surface area contributed by atoms with E-state index in [1.54, 1.807) is 0 Å². The van der Waals surface area contributed by atoms with Crippen LogP contribution in [0.1, 0.15) is 12.8 Å². The average Bonchev–Trinajstić information content (AvgIpc) is 2.59. The molecule has 3 N–H and O–H groups in total. The first kappa shape index (κ1) is 8.44. The van der Waals surface area contributed by atoms with Crippen molar-refractivity contribution in [2.24, 2.45) is 0 Å². The minimum atomic E-state index is -0.764. The van der Waals surface area contributed by atoms with Crippen molar-refractivity contribution in [3.8, 4) is 0 Å². The van der Waals surface area contributed by atoms with Crippen molar-refractivity contribution >= 4 is 0 Å². The first-order valence-corrected chi connectivity index (χ1v) is 4.48. The van der Waals surface area contributed by atoms with E-state index >= 15 is 0 Å². The molecule has 3 unspecified atom stereocenters. The van der Waals surface area contributed by atoms with Gasteiger partial charge in [-0.25, -0.2) is 0 Å². The molecule has 4 nitrogen and oxygen atoms in total. The Hall–Kier alpha value is -0.160. The van der Waals surface area contributed by atoms with E-state index in [9.17, 15) is 10.2 Å². The third-order valence-electron chi connectivity index (χ3n) is 3.09. The molecule has 0 aromatic carbocycles. The van der Waals surface area contributed by atoms with Gasteiger partial charge in [0.05, 0.1) is 24.9 Å². The van der Waals surface area contributed by atoms with Crippen molar-refractivity contribution in [2.75, 3.05) is 13.2 Å². The van der Waals surface area contributed by atoms with Crippen LogP contribution in [0.4, 0.5) is 0 Å². The van der Waals surface area contributed by atoms with Crippen LogP contribution in [0.15, 0.2) is 0 Å². The maximum absolute atomic E-state index is 9.57. The molecule has 70 valence electrons. The second kappa shape index (κ2) is 2.96. The summed E-state index contributed by atoms with van der Waals surface area (Å²) in [5, 5.41) is 28.1. The predicted octanol–water partition coefficient (Wildman–Crippen LogP) is -1.45. The molecule has 2 rings (SSSR count). The summed E-state index contributed by atoms with van der Waals surface area (Å²) in [6.07, 6.45) is 0.574. The van der Waals surface area contributed by atoms with Crippen LogP contribution in [0.5, 0.6) is 0 Å². The van der Waals surface area contributed by atoms with Crippen molar-refractivity contribution in [3.05, 3.63) is 0 Å². The highest BCUT2D eigenvalue weighted by molar-refractivity contribution is 5.03. The van der Waals surface area contributed by atoms with E-state index in [0.29, 0.717) is 0 Å². The molecule has 0 radical (unpaired) electrons. The number of nitrogens with zero attached hydrogens (tertiary/aromatic N) is 1. The lowest BCUT2D eigenvalue weighted by molar-refractivity contribution is 0.0154. The van der Waals surface area contributed by atoms with Crippen LogP contribution >= 0.6 is 0 Å². The molecule has 2 heterocycles. The number of hydrogen-bond acceptors (Lipinski definition) is 4. The minimum Gasteiger partial charge on any atom is -0.395 e. The Morgan fingerprint density at radius 1 is 1.25 bits per heavy atom. The largest absolute Gasteiger partial charge is 0.395 e. The molecule has 2 fully saturated rings. The molecule has 12 heavy (non-hydrogen) atoms. The van der Waals surface area contributed by atoms with Gasteiger partial charge in [-0.1, -0.05) is 0 Å². The summed E-state index contributed by atoms with van der Waals surface area (Å²) < 4.78 is 0. The molecule has 2 aliphatic heterocycles. The van der Waals surface area contributed by atoms with Gasteiger partial charge in [0.2, 0.25) is 0 Å². The Morgan fingerprint density at radius 2 is 2.00 bits per heavy atom. The first-order chi connectivity index (χ1) is 5.75. The van der Waals surface area contributed by atoms with Crippen molar-refractivity contribution in [1.82, 2.24) is 4.90 Å². The Balaban J connectivity index is 2.15. The molecule has 2 aliphatic rings. The summed E-state index contributed by atoms with van der Waals surface area (Å²) >= 11 is 0. The van der Waals surface area contributed by atoms with Gasteiger partial charge < -0.3 is 15.3 Å². The van der Waals surface area contributed by atoms with Gasteiger partial charge in [-0.15, -0.1) is 0 Å². The molecule has 4 atom stereocenters. The molecular weight excluding hydrogens is 158 g/mol. The van der Waals surface area contributed by atoms with E-state index in [1.165, 1.54) is 0 Å². The third-order valence-corrected chi connectivity index (χ3v) is 3.09. The van der Waals surface area contributed by atoms with Crippen LogP contribution < -0.4 is 0 Å². The Bertz CT molecular complexity index is 174. The highest BCUT2D eigenvalue weighted by atomic mass is 16.3. The Labute approximate surface area is 71.4 Å². The molecule has 2 saturated heterocycles. The molecule has 0 aromatic heterocycles. The fourth-order valence-corrected chi connectivity index (χ4v) is 2.46. The lowest BCUT2D eigenvalue weighted by Crippen LogP contribution is -2.38. The zero-order valence-corrected chi connectivity index (χ0v) is 6.93. The fourth-order valence-electron chi connectivity index (χ4n) is 2.46. The Kier molecular flexibility index (Phi) is 2.08. The monoisotopic (exact) mass is 173 g/mol. The molecule has 0 amide bonds. The number of aliphatic hydroxyl groups is 3. The SMILES string of the molecule is OCC1[C@H](O)C(O)C2CCCN21. The van der Waals surface area contributed by atoms with Crippen molar-refractivity contribution in [1.29, 1.82) is 0 Å². The Morgan fingerprint density at radius 3 is 2.67 bits per heavy atom. The molecule has 0 saturated carbocycles. The number of fused-ring (bicyclic) bond motifs is 1. The van der Waals surface area contributed by atoms with Crippen LogP contribution in [0, 0.1) is 0 Å². The number of hydrogen-bond donors (Lipinski definition) is 3. The lowest BCUT2D eigenvalue weighted by atomic mass is 10.1. The van der Waals surface area contributed by atoms with Crippen LogP contribution in [-0.2, 0) is 0 Å². The van der Waals surface area contributed by atoms with Gasteiger partial charge in [-0.3, -0.25) is 4.90 Å². The molecule has 0 aromatic rings. The van der Waals surface area contributed by atoms with E-state index in [-0.39, 0.29) is 18.7 Å². The topological polar surface area (TPSA) is 63.9 Å². The average molecular weight is 173 g/mol. The van der Waals surface area contributed by atoms with E-state index < -0.39 is 12.2 Å². The van der Waals surface area contributed by atoms with Gasteiger partial charge in [-0.2, -0.15) is 0 Å². The third kappa shape index (κ3) is 0.992. The van der Waals surface area contributed by atoms with Gasteiger partial charge in [0.1, 0.15) is 0 Å². The van der Waals surface area contributed by atoms with Crippen LogP contribution in [0.2, 0.25) is 0 Å². The van der Waals surface area contributed by atoms with Crippen molar-refractivity contribution in [3.63, 3.8) is 0 Å². The van der Waals surface area contributed by atoms with Gasteiger partial charge in [0.15, 0.2) is 0 Å². The van der Waals surface area contributed by atoms with Gasteiger partial charge >= 0.3 is 0 Å². The van der Waals surface area contributed by atoms with Gasteiger partial charge in [0.25, 0.3) is 0 Å². The number of rotatable bonds is 1. The standard InChI is InChI=1S/C8H15NO3/c10-4-6-8(12)7(11)5-2-1-3-9(5)6/h5-8,10-12H,1-4H2/t5?,6?,7?,8-/m0/s1. The highest BCUT2D eigenvalue weighted by Crippen LogP contribution is 2.32.